The molecule has 4 aromatic rings. The van der Waals surface area contributed by atoms with Crippen molar-refractivity contribution < 1.29 is 23.9 Å². The normalized spacial score (nSPS) is 16.4. The summed E-state index contributed by atoms with van der Waals surface area (Å²) in [4.78, 5) is 49.0. The van der Waals surface area contributed by atoms with Crippen LogP contribution >= 0.6 is 11.6 Å². The molecule has 2 aromatic carbocycles. The molecule has 0 bridgehead atoms. The smallest absolute Gasteiger partial charge is 0.407 e. The number of hydrogen-bond donors (Lipinski definition) is 4. The van der Waals surface area contributed by atoms with Crippen LogP contribution in [0.4, 0.5) is 10.5 Å². The van der Waals surface area contributed by atoms with Crippen molar-refractivity contribution in [1.82, 2.24) is 35.7 Å². The zero-order valence-corrected chi connectivity index (χ0v) is 32.4. The lowest BCUT2D eigenvalue weighted by molar-refractivity contribution is -0.130. The van der Waals surface area contributed by atoms with Gasteiger partial charge in [0.2, 0.25) is 23.0 Å². The first-order chi connectivity index (χ1) is 25.8. The Labute approximate surface area is 322 Å². The van der Waals surface area contributed by atoms with Gasteiger partial charge < -0.3 is 35.3 Å². The number of aromatic amines is 1. The molecule has 1 aliphatic carbocycles. The van der Waals surface area contributed by atoms with E-state index in [4.69, 9.17) is 21.1 Å². The van der Waals surface area contributed by atoms with Crippen molar-refractivity contribution >= 4 is 35.2 Å². The fourth-order valence-corrected chi connectivity index (χ4v) is 6.37. The summed E-state index contributed by atoms with van der Waals surface area (Å²) in [6, 6.07) is 18.0. The van der Waals surface area contributed by atoms with Crippen LogP contribution in [0.25, 0.3) is 22.5 Å². The number of rotatable bonds is 15. The van der Waals surface area contributed by atoms with Crippen LogP contribution in [0, 0.1) is 11.8 Å². The summed E-state index contributed by atoms with van der Waals surface area (Å²) in [5.74, 6) is 0.628. The van der Waals surface area contributed by atoms with E-state index in [0.717, 1.165) is 48.1 Å². The maximum atomic E-state index is 13.8. The van der Waals surface area contributed by atoms with Gasteiger partial charge in [-0.1, -0.05) is 24.3 Å². The van der Waals surface area contributed by atoms with Crippen molar-refractivity contribution in [1.29, 1.82) is 0 Å². The maximum Gasteiger partial charge on any atom is 0.407 e. The van der Waals surface area contributed by atoms with E-state index in [-0.39, 0.29) is 28.9 Å². The first-order valence-corrected chi connectivity index (χ1v) is 18.8. The Morgan fingerprint density at radius 2 is 1.61 bits per heavy atom. The number of H-pyrrole nitrogens is 1. The highest BCUT2D eigenvalue weighted by Gasteiger charge is 2.30. The third-order valence-corrected chi connectivity index (χ3v) is 9.30. The zero-order valence-electron chi connectivity index (χ0n) is 31.7. The van der Waals surface area contributed by atoms with Crippen LogP contribution in [0.2, 0.25) is 5.28 Å². The molecule has 0 saturated heterocycles. The Morgan fingerprint density at radius 1 is 0.926 bits per heavy atom. The highest BCUT2D eigenvalue weighted by molar-refractivity contribution is 6.28. The standard InChI is InChI=1S/C40H51ClN8O5/c1-40(2,3)54-39(52)43-24-27-9-13-30(14-10-27)36(50)45-33(37(51)44-32-18-15-29(16-19-32)35-46-38(41)48-47-35)23-26-7-11-28(12-8-26)31-17-20-34(42-25-31)53-22-6-21-49(4)5/h7-8,11-12,15-20,25,27,30,33H,6,9-10,13-14,21-24H2,1-5H3,(H,43,52)(H,44,51)(H,45,50)(H,46,47,48)/t27?,30?,33-/m0/s1. The summed E-state index contributed by atoms with van der Waals surface area (Å²) in [5.41, 5.74) is 3.57. The Balaban J connectivity index is 1.21. The lowest BCUT2D eigenvalue weighted by Crippen LogP contribution is -2.48. The second kappa shape index (κ2) is 18.8. The van der Waals surface area contributed by atoms with Crippen LogP contribution in [-0.4, -0.2) is 88.4 Å². The number of carbonyl (C=O) groups excluding carboxylic acids is 3. The van der Waals surface area contributed by atoms with Gasteiger partial charge in [-0.05, 0) is 126 Å². The minimum Gasteiger partial charge on any atom is -0.478 e. The molecule has 0 aliphatic heterocycles. The van der Waals surface area contributed by atoms with Crippen LogP contribution in [0.15, 0.2) is 66.9 Å². The third kappa shape index (κ3) is 12.6. The Bertz CT molecular complexity index is 1820. The molecule has 1 aliphatic rings. The fraction of sp³-hybridized carbons (Fsp3) is 0.450. The van der Waals surface area contributed by atoms with Crippen LogP contribution in [-0.2, 0) is 20.7 Å². The predicted octanol–water partition coefficient (Wildman–Crippen LogP) is 6.51. The Kier molecular flexibility index (Phi) is 14.0. The molecule has 3 amide bonds. The topological polar surface area (TPSA) is 163 Å². The van der Waals surface area contributed by atoms with Crippen LogP contribution < -0.4 is 20.7 Å². The number of halogens is 1. The molecule has 5 rings (SSSR count). The minimum atomic E-state index is -0.826. The average Bonchev–Trinajstić information content (AvgIpc) is 3.58. The number of nitrogens with one attached hydrogen (secondary N) is 4. The quantitative estimate of drug-likeness (QED) is 0.0990. The highest BCUT2D eigenvalue weighted by Crippen LogP contribution is 2.29. The number of pyridine rings is 1. The molecule has 0 radical (unpaired) electrons. The lowest BCUT2D eigenvalue weighted by atomic mass is 9.81. The van der Waals surface area contributed by atoms with Gasteiger partial charge in [0.15, 0.2) is 5.82 Å². The molecular weight excluding hydrogens is 708 g/mol. The summed E-state index contributed by atoms with van der Waals surface area (Å²) in [7, 11) is 4.07. The molecule has 14 heteroatoms. The van der Waals surface area contributed by atoms with Crippen molar-refractivity contribution in [2.24, 2.45) is 11.8 Å². The lowest BCUT2D eigenvalue weighted by Gasteiger charge is -2.29. The van der Waals surface area contributed by atoms with Gasteiger partial charge in [0.05, 0.1) is 6.61 Å². The number of alkyl carbamates (subject to hydrolysis) is 1. The number of amides is 3. The predicted molar refractivity (Wildman–Crippen MR) is 209 cm³/mol. The molecule has 1 atom stereocenters. The van der Waals surface area contributed by atoms with Crippen molar-refractivity contribution in [2.45, 2.75) is 70.9 Å². The molecule has 54 heavy (non-hydrogen) atoms. The van der Waals surface area contributed by atoms with Crippen LogP contribution in [0.5, 0.6) is 5.88 Å². The van der Waals surface area contributed by atoms with Crippen molar-refractivity contribution in [3.63, 3.8) is 0 Å². The van der Waals surface area contributed by atoms with Gasteiger partial charge in [-0.3, -0.25) is 9.59 Å². The van der Waals surface area contributed by atoms with E-state index < -0.39 is 17.7 Å². The SMILES string of the molecule is CN(C)CCCOc1ccc(-c2ccc(C[C@H](NC(=O)C3CCC(CNC(=O)OC(C)(C)C)CC3)C(=O)Nc3ccc(-c4nnc(Cl)[nH]4)cc3)cc2)cn1. The monoisotopic (exact) mass is 758 g/mol. The number of nitrogens with zero attached hydrogens (tertiary/aromatic N) is 4. The highest BCUT2D eigenvalue weighted by atomic mass is 35.5. The largest absolute Gasteiger partial charge is 0.478 e. The number of anilines is 1. The summed E-state index contributed by atoms with van der Waals surface area (Å²) in [5, 5.41) is 16.9. The van der Waals surface area contributed by atoms with Crippen molar-refractivity contribution in [2.75, 3.05) is 39.1 Å². The fourth-order valence-electron chi connectivity index (χ4n) is 6.24. The number of aromatic nitrogens is 4. The van der Waals surface area contributed by atoms with E-state index >= 15 is 0 Å². The molecule has 0 unspecified atom stereocenters. The van der Waals surface area contributed by atoms with E-state index in [1.165, 1.54) is 0 Å². The van der Waals surface area contributed by atoms with E-state index in [1.807, 2.05) is 71.3 Å². The summed E-state index contributed by atoms with van der Waals surface area (Å²) in [6.07, 6.45) is 5.46. The molecule has 4 N–H and O–H groups in total. The first-order valence-electron chi connectivity index (χ1n) is 18.4. The summed E-state index contributed by atoms with van der Waals surface area (Å²) >= 11 is 5.88. The minimum absolute atomic E-state index is 0.155. The second-order valence-corrected chi connectivity index (χ2v) is 15.3. The number of hydrogen-bond acceptors (Lipinski definition) is 9. The van der Waals surface area contributed by atoms with Gasteiger partial charge in [-0.15, -0.1) is 10.2 Å². The summed E-state index contributed by atoms with van der Waals surface area (Å²) < 4.78 is 11.1. The maximum absolute atomic E-state index is 13.8. The van der Waals surface area contributed by atoms with Crippen LogP contribution in [0.3, 0.4) is 0 Å². The van der Waals surface area contributed by atoms with Gasteiger partial charge in [0, 0.05) is 54.5 Å². The number of benzene rings is 2. The Morgan fingerprint density at radius 3 is 2.22 bits per heavy atom. The van der Waals surface area contributed by atoms with Gasteiger partial charge in [-0.2, -0.15) is 0 Å². The van der Waals surface area contributed by atoms with Gasteiger partial charge in [0.25, 0.3) is 0 Å². The molecule has 1 fully saturated rings. The molecule has 13 nitrogen and oxygen atoms in total. The number of ether oxygens (including phenoxy) is 2. The molecule has 1 saturated carbocycles. The summed E-state index contributed by atoms with van der Waals surface area (Å²) in [6.45, 7) is 7.53. The van der Waals surface area contributed by atoms with Crippen molar-refractivity contribution in [3.8, 4) is 28.4 Å². The molecule has 0 spiro atoms. The third-order valence-electron chi connectivity index (χ3n) is 9.13. The first kappa shape index (κ1) is 40.2. The van der Waals surface area contributed by atoms with Crippen LogP contribution in [0.1, 0.15) is 58.4 Å². The van der Waals surface area contributed by atoms with Gasteiger partial charge >= 0.3 is 6.09 Å². The van der Waals surface area contributed by atoms with Gasteiger partial charge in [0.1, 0.15) is 11.6 Å². The van der Waals surface area contributed by atoms with Crippen molar-refractivity contribution in [3.05, 3.63) is 77.7 Å². The van der Waals surface area contributed by atoms with E-state index in [0.29, 0.717) is 49.8 Å². The molecular formula is C40H51ClN8O5. The second-order valence-electron chi connectivity index (χ2n) is 15.0. The average molecular weight is 759 g/mol. The van der Waals surface area contributed by atoms with Gasteiger partial charge in [-0.25, -0.2) is 9.78 Å². The van der Waals surface area contributed by atoms with E-state index in [2.05, 4.69) is 41.0 Å². The molecule has 2 aromatic heterocycles. The zero-order chi connectivity index (χ0) is 38.7. The van der Waals surface area contributed by atoms with E-state index in [1.54, 1.807) is 30.5 Å². The Hall–Kier alpha value is -5.01. The number of carbonyl (C=O) groups is 3. The van der Waals surface area contributed by atoms with E-state index in [9.17, 15) is 14.4 Å². The molecule has 2 heterocycles. The molecule has 288 valence electrons.